The van der Waals surface area contributed by atoms with Gasteiger partial charge in [0, 0.05) is 30.2 Å². The first-order chi connectivity index (χ1) is 12.0. The van der Waals surface area contributed by atoms with Gasteiger partial charge in [0.05, 0.1) is 0 Å². The van der Waals surface area contributed by atoms with Crippen LogP contribution in [0.3, 0.4) is 0 Å². The molecule has 0 saturated heterocycles. The molecule has 134 valence electrons. The lowest BCUT2D eigenvalue weighted by atomic mass is 9.92. The number of amides is 1. The number of nitrogens with one attached hydrogen (secondary N) is 1. The number of nitrogens with two attached hydrogens (primary N) is 1. The third kappa shape index (κ3) is 5.35. The van der Waals surface area contributed by atoms with E-state index in [0.29, 0.717) is 11.6 Å². The van der Waals surface area contributed by atoms with Crippen molar-refractivity contribution >= 4 is 12.4 Å². The van der Waals surface area contributed by atoms with Crippen LogP contribution in [0.4, 0.5) is 0 Å². The summed E-state index contributed by atoms with van der Waals surface area (Å²) in [6, 6.07) is 2.14. The summed E-state index contributed by atoms with van der Waals surface area (Å²) in [7, 11) is 0. The summed E-state index contributed by atoms with van der Waals surface area (Å²) in [5.74, 6) is 0.292. The van der Waals surface area contributed by atoms with E-state index in [1.54, 1.807) is 29.4 Å². The summed E-state index contributed by atoms with van der Waals surface area (Å²) in [6.45, 7) is 1.60. The van der Waals surface area contributed by atoms with Gasteiger partial charge < -0.3 is 16.2 Å². The van der Waals surface area contributed by atoms with Gasteiger partial charge in [0.1, 0.15) is 12.0 Å². The molecule has 1 fully saturated rings. The Hall–Kier alpha value is -2.81. The van der Waals surface area contributed by atoms with Gasteiger partial charge in [-0.25, -0.2) is 15.0 Å². The Labute approximate surface area is 145 Å². The topological polar surface area (TPSA) is 136 Å². The van der Waals surface area contributed by atoms with Crippen molar-refractivity contribution in [2.24, 2.45) is 5.73 Å². The number of carbonyl (C=O) groups excluding carboxylic acids is 1. The van der Waals surface area contributed by atoms with Crippen LogP contribution in [-0.4, -0.2) is 49.1 Å². The smallest absolute Gasteiger partial charge is 0.290 e. The number of carboxylic acid groups (broad SMARTS) is 1. The molecule has 2 aromatic heterocycles. The van der Waals surface area contributed by atoms with E-state index >= 15 is 0 Å². The van der Waals surface area contributed by atoms with Crippen LogP contribution in [0.5, 0.6) is 0 Å². The lowest BCUT2D eigenvalue weighted by Gasteiger charge is -2.26. The quantitative estimate of drug-likeness (QED) is 0.695. The molecular formula is C16H22N6O3. The highest BCUT2D eigenvalue weighted by Crippen LogP contribution is 2.17. The number of aryl methyl sites for hydroxylation is 1. The molecule has 0 aromatic carbocycles. The molecule has 3 rings (SSSR count). The Bertz CT molecular complexity index is 696. The average molecular weight is 346 g/mol. The first-order valence-corrected chi connectivity index (χ1v) is 8.01. The molecule has 9 heteroatoms. The van der Waals surface area contributed by atoms with Crippen molar-refractivity contribution < 1.29 is 14.7 Å². The fourth-order valence-corrected chi connectivity index (χ4v) is 2.68. The third-order valence-electron chi connectivity index (χ3n) is 3.92. The molecule has 9 nitrogen and oxygen atoms in total. The van der Waals surface area contributed by atoms with E-state index in [0.717, 1.165) is 31.4 Å². The molecule has 0 bridgehead atoms. The number of rotatable bonds is 3. The fraction of sp³-hybridized carbons (Fsp3) is 0.438. The highest BCUT2D eigenvalue weighted by atomic mass is 16.3. The van der Waals surface area contributed by atoms with E-state index in [1.165, 1.54) is 0 Å². The van der Waals surface area contributed by atoms with E-state index in [4.69, 9.17) is 15.6 Å². The minimum atomic E-state index is -0.250. The van der Waals surface area contributed by atoms with Crippen molar-refractivity contribution in [3.8, 4) is 5.95 Å². The largest absolute Gasteiger partial charge is 0.483 e. The number of imidazole rings is 1. The van der Waals surface area contributed by atoms with Crippen molar-refractivity contribution in [1.29, 1.82) is 0 Å². The zero-order valence-electron chi connectivity index (χ0n) is 14.0. The van der Waals surface area contributed by atoms with Gasteiger partial charge in [0.2, 0.25) is 5.95 Å². The normalized spacial score (nSPS) is 19.4. The Morgan fingerprint density at radius 2 is 2.04 bits per heavy atom. The SMILES string of the molecule is Cc1cc(C(=O)N[C@H]2CC[C@H](N)CC2)nc(-n2ccnc2)n1.O=CO. The Morgan fingerprint density at radius 3 is 2.64 bits per heavy atom. The summed E-state index contributed by atoms with van der Waals surface area (Å²) in [5.41, 5.74) is 7.02. The Kier molecular flexibility index (Phi) is 6.58. The third-order valence-corrected chi connectivity index (χ3v) is 3.92. The van der Waals surface area contributed by atoms with Crippen molar-refractivity contribution in [3.05, 3.63) is 36.2 Å². The fourth-order valence-electron chi connectivity index (χ4n) is 2.68. The number of nitrogens with zero attached hydrogens (tertiary/aromatic N) is 4. The first kappa shape index (κ1) is 18.5. The number of hydrogen-bond acceptors (Lipinski definition) is 6. The van der Waals surface area contributed by atoms with Crippen molar-refractivity contribution in [3.63, 3.8) is 0 Å². The van der Waals surface area contributed by atoms with Gasteiger partial charge in [-0.2, -0.15) is 0 Å². The Morgan fingerprint density at radius 1 is 1.36 bits per heavy atom. The molecule has 0 spiro atoms. The van der Waals surface area contributed by atoms with Gasteiger partial charge >= 0.3 is 0 Å². The predicted molar refractivity (Wildman–Crippen MR) is 90.3 cm³/mol. The average Bonchev–Trinajstić information content (AvgIpc) is 3.12. The molecule has 0 aliphatic heterocycles. The van der Waals surface area contributed by atoms with Crippen LogP contribution in [0.2, 0.25) is 0 Å². The lowest BCUT2D eigenvalue weighted by Crippen LogP contribution is -2.40. The summed E-state index contributed by atoms with van der Waals surface area (Å²) in [6.07, 6.45) is 8.76. The van der Waals surface area contributed by atoms with Gasteiger partial charge in [-0.05, 0) is 38.7 Å². The minimum absolute atomic E-state index is 0.160. The summed E-state index contributed by atoms with van der Waals surface area (Å²) < 4.78 is 1.68. The van der Waals surface area contributed by atoms with Crippen LogP contribution in [0.1, 0.15) is 41.9 Å². The van der Waals surface area contributed by atoms with Gasteiger partial charge in [0.25, 0.3) is 12.4 Å². The van der Waals surface area contributed by atoms with Crippen LogP contribution >= 0.6 is 0 Å². The molecular weight excluding hydrogens is 324 g/mol. The molecule has 0 unspecified atom stereocenters. The molecule has 1 aliphatic carbocycles. The van der Waals surface area contributed by atoms with Gasteiger partial charge in [-0.1, -0.05) is 0 Å². The van der Waals surface area contributed by atoms with Crippen LogP contribution in [0.25, 0.3) is 5.95 Å². The van der Waals surface area contributed by atoms with Crippen LogP contribution in [0, 0.1) is 6.92 Å². The van der Waals surface area contributed by atoms with E-state index in [9.17, 15) is 4.79 Å². The molecule has 0 radical (unpaired) electrons. The first-order valence-electron chi connectivity index (χ1n) is 8.01. The molecule has 1 amide bonds. The second-order valence-corrected chi connectivity index (χ2v) is 5.86. The van der Waals surface area contributed by atoms with E-state index in [2.05, 4.69) is 20.3 Å². The van der Waals surface area contributed by atoms with E-state index in [-0.39, 0.29) is 24.5 Å². The molecule has 25 heavy (non-hydrogen) atoms. The monoisotopic (exact) mass is 346 g/mol. The molecule has 2 heterocycles. The zero-order chi connectivity index (χ0) is 18.2. The molecule has 1 aliphatic rings. The molecule has 2 aromatic rings. The Balaban J connectivity index is 0.000000701. The second kappa shape index (κ2) is 8.88. The van der Waals surface area contributed by atoms with Crippen molar-refractivity contribution in [1.82, 2.24) is 24.8 Å². The van der Waals surface area contributed by atoms with Gasteiger partial charge in [-0.15, -0.1) is 0 Å². The maximum absolute atomic E-state index is 12.4. The molecule has 4 N–H and O–H groups in total. The van der Waals surface area contributed by atoms with Gasteiger partial charge in [-0.3, -0.25) is 14.2 Å². The standard InChI is InChI=1S/C15H20N6O.CH2O2/c1-10-8-13(20-15(18-10)21-7-6-17-9-21)14(22)19-12-4-2-11(16)3-5-12;2-1-3/h6-9,11-12H,2-5,16H2,1H3,(H,19,22);1H,(H,2,3)/t11-,12-;. The maximum Gasteiger partial charge on any atom is 0.290 e. The highest BCUT2D eigenvalue weighted by Gasteiger charge is 2.21. The van der Waals surface area contributed by atoms with Crippen LogP contribution in [0.15, 0.2) is 24.8 Å². The summed E-state index contributed by atoms with van der Waals surface area (Å²) in [5, 5.41) is 9.93. The highest BCUT2D eigenvalue weighted by molar-refractivity contribution is 5.92. The van der Waals surface area contributed by atoms with E-state index < -0.39 is 0 Å². The van der Waals surface area contributed by atoms with Crippen LogP contribution in [-0.2, 0) is 4.79 Å². The maximum atomic E-state index is 12.4. The molecule has 0 atom stereocenters. The van der Waals surface area contributed by atoms with Gasteiger partial charge in [0.15, 0.2) is 0 Å². The van der Waals surface area contributed by atoms with E-state index in [1.807, 2.05) is 6.92 Å². The minimum Gasteiger partial charge on any atom is -0.483 e. The predicted octanol–water partition coefficient (Wildman–Crippen LogP) is 0.671. The number of hydrogen-bond donors (Lipinski definition) is 3. The van der Waals surface area contributed by atoms with Crippen LogP contribution < -0.4 is 11.1 Å². The number of aromatic nitrogens is 4. The summed E-state index contributed by atoms with van der Waals surface area (Å²) >= 11 is 0. The molecule has 1 saturated carbocycles. The number of carbonyl (C=O) groups is 2. The summed E-state index contributed by atoms with van der Waals surface area (Å²) in [4.78, 5) is 33.4. The zero-order valence-corrected chi connectivity index (χ0v) is 14.0. The lowest BCUT2D eigenvalue weighted by molar-refractivity contribution is -0.122. The van der Waals surface area contributed by atoms with Crippen molar-refractivity contribution in [2.45, 2.75) is 44.7 Å². The second-order valence-electron chi connectivity index (χ2n) is 5.86. The van der Waals surface area contributed by atoms with Crippen molar-refractivity contribution in [2.75, 3.05) is 0 Å².